The molecule has 0 aliphatic carbocycles. The molecule has 0 radical (unpaired) electrons. The summed E-state index contributed by atoms with van der Waals surface area (Å²) in [6.45, 7) is 3.03. The first-order chi connectivity index (χ1) is 15.3. The van der Waals surface area contributed by atoms with Crippen LogP contribution in [-0.2, 0) is 0 Å². The second-order valence-corrected chi connectivity index (χ2v) is 7.42. The van der Waals surface area contributed by atoms with Gasteiger partial charge in [0.1, 0.15) is 0 Å². The van der Waals surface area contributed by atoms with Gasteiger partial charge in [0, 0.05) is 17.1 Å². The summed E-state index contributed by atoms with van der Waals surface area (Å²) in [7, 11) is 0. The molecule has 4 aromatic carbocycles. The second-order valence-electron chi connectivity index (χ2n) is 7.42. The average Bonchev–Trinajstić information content (AvgIpc) is 2.86. The maximum Gasteiger partial charge on any atom is 0.0462 e. The third-order valence-electron chi connectivity index (χ3n) is 5.07. The first-order valence-corrected chi connectivity index (χ1v) is 11.1. The van der Waals surface area contributed by atoms with E-state index in [2.05, 4.69) is 109 Å². The summed E-state index contributed by atoms with van der Waals surface area (Å²) in [4.78, 5) is 2.27. The fourth-order valence-electron chi connectivity index (χ4n) is 3.43. The van der Waals surface area contributed by atoms with Crippen molar-refractivity contribution in [2.24, 2.45) is 5.73 Å². The first kappa shape index (κ1) is 22.3. The first-order valence-electron chi connectivity index (χ1n) is 11.1. The van der Waals surface area contributed by atoms with E-state index in [1.165, 1.54) is 30.4 Å². The minimum atomic E-state index is 0.855. The third-order valence-corrected chi connectivity index (χ3v) is 5.07. The molecular formula is C29H32N2. The van der Waals surface area contributed by atoms with Gasteiger partial charge in [-0.2, -0.15) is 0 Å². The number of para-hydroxylation sites is 2. The molecule has 0 spiro atoms. The van der Waals surface area contributed by atoms with Crippen molar-refractivity contribution in [3.8, 4) is 11.1 Å². The second kappa shape index (κ2) is 12.4. The van der Waals surface area contributed by atoms with Crippen molar-refractivity contribution in [2.75, 3.05) is 11.4 Å². The molecule has 0 saturated carbocycles. The van der Waals surface area contributed by atoms with Crippen LogP contribution in [0.25, 0.3) is 11.1 Å². The van der Waals surface area contributed by atoms with Crippen LogP contribution in [0.5, 0.6) is 0 Å². The van der Waals surface area contributed by atoms with Crippen molar-refractivity contribution in [3.05, 3.63) is 115 Å². The highest BCUT2D eigenvalue weighted by Crippen LogP contribution is 2.35. The van der Waals surface area contributed by atoms with E-state index >= 15 is 0 Å². The number of anilines is 3. The lowest BCUT2D eigenvalue weighted by Crippen LogP contribution is -2.09. The predicted octanol–water partition coefficient (Wildman–Crippen LogP) is 7.96. The lowest BCUT2D eigenvalue weighted by Gasteiger charge is -2.25. The van der Waals surface area contributed by atoms with E-state index in [1.54, 1.807) is 0 Å². The SMILES string of the molecule is CCCCCN.c1ccc(-c2ccc(N(c3ccccc3)c3ccccc3)cc2)cc1. The smallest absolute Gasteiger partial charge is 0.0462 e. The molecule has 0 amide bonds. The van der Waals surface area contributed by atoms with Crippen molar-refractivity contribution in [1.82, 2.24) is 0 Å². The maximum atomic E-state index is 5.21. The predicted molar refractivity (Wildman–Crippen MR) is 135 cm³/mol. The van der Waals surface area contributed by atoms with Crippen LogP contribution in [0.1, 0.15) is 26.2 Å². The molecule has 0 aliphatic rings. The van der Waals surface area contributed by atoms with E-state index in [9.17, 15) is 0 Å². The molecule has 2 heteroatoms. The number of nitrogens with zero attached hydrogens (tertiary/aromatic N) is 1. The van der Waals surface area contributed by atoms with E-state index in [1.807, 2.05) is 18.2 Å². The fourth-order valence-corrected chi connectivity index (χ4v) is 3.43. The van der Waals surface area contributed by atoms with E-state index < -0.39 is 0 Å². The van der Waals surface area contributed by atoms with Crippen LogP contribution in [0.15, 0.2) is 115 Å². The Morgan fingerprint density at radius 1 is 0.516 bits per heavy atom. The fraction of sp³-hybridized carbons (Fsp3) is 0.172. The summed E-state index contributed by atoms with van der Waals surface area (Å²) >= 11 is 0. The Bertz CT molecular complexity index is 938. The van der Waals surface area contributed by atoms with Crippen LogP contribution in [0.2, 0.25) is 0 Å². The highest BCUT2D eigenvalue weighted by Gasteiger charge is 2.11. The molecule has 0 aliphatic heterocycles. The zero-order chi connectivity index (χ0) is 21.7. The monoisotopic (exact) mass is 408 g/mol. The quantitative estimate of drug-likeness (QED) is 0.314. The normalized spacial score (nSPS) is 10.1. The van der Waals surface area contributed by atoms with Gasteiger partial charge in [-0.05, 0) is 60.5 Å². The lowest BCUT2D eigenvalue weighted by molar-refractivity contribution is 0.727. The Morgan fingerprint density at radius 2 is 0.935 bits per heavy atom. The summed E-state index contributed by atoms with van der Waals surface area (Å²) < 4.78 is 0. The molecule has 0 heterocycles. The topological polar surface area (TPSA) is 29.3 Å². The van der Waals surface area contributed by atoms with Gasteiger partial charge in [-0.25, -0.2) is 0 Å². The molecule has 0 saturated heterocycles. The van der Waals surface area contributed by atoms with Crippen molar-refractivity contribution >= 4 is 17.1 Å². The maximum absolute atomic E-state index is 5.21. The molecule has 0 fully saturated rings. The molecule has 4 aromatic rings. The summed E-state index contributed by atoms with van der Waals surface area (Å²) in [6.07, 6.45) is 3.75. The van der Waals surface area contributed by atoms with Crippen LogP contribution in [-0.4, -0.2) is 6.54 Å². The Hall–Kier alpha value is -3.36. The Balaban J connectivity index is 0.000000401. The average molecular weight is 409 g/mol. The standard InChI is InChI=1S/C24H19N.C5H13N/c1-4-10-20(11-5-1)21-16-18-24(19-17-21)25(22-12-6-2-7-13-22)23-14-8-3-9-15-23;1-2-3-4-5-6/h1-19H;2-6H2,1H3. The van der Waals surface area contributed by atoms with Gasteiger partial charge in [-0.15, -0.1) is 0 Å². The molecule has 2 N–H and O–H groups in total. The number of hydrogen-bond acceptors (Lipinski definition) is 2. The van der Waals surface area contributed by atoms with Gasteiger partial charge in [0.25, 0.3) is 0 Å². The molecule has 2 nitrogen and oxygen atoms in total. The van der Waals surface area contributed by atoms with Gasteiger partial charge < -0.3 is 10.6 Å². The zero-order valence-corrected chi connectivity index (χ0v) is 18.3. The largest absolute Gasteiger partial charge is 0.330 e. The van der Waals surface area contributed by atoms with Gasteiger partial charge in [0.15, 0.2) is 0 Å². The van der Waals surface area contributed by atoms with Gasteiger partial charge in [0.2, 0.25) is 0 Å². The molecule has 31 heavy (non-hydrogen) atoms. The number of benzene rings is 4. The van der Waals surface area contributed by atoms with Gasteiger partial charge in [-0.3, -0.25) is 0 Å². The minimum absolute atomic E-state index is 0.855. The number of hydrogen-bond donors (Lipinski definition) is 1. The number of unbranched alkanes of at least 4 members (excludes halogenated alkanes) is 2. The van der Waals surface area contributed by atoms with Crippen LogP contribution < -0.4 is 10.6 Å². The summed E-state index contributed by atoms with van der Waals surface area (Å²) in [5.41, 5.74) is 11.1. The molecular weight excluding hydrogens is 376 g/mol. The van der Waals surface area contributed by atoms with Crippen LogP contribution in [0.3, 0.4) is 0 Å². The molecule has 0 bridgehead atoms. The number of nitrogens with two attached hydrogens (primary N) is 1. The Kier molecular flexibility index (Phi) is 8.90. The molecule has 4 rings (SSSR count). The van der Waals surface area contributed by atoms with Gasteiger partial charge >= 0.3 is 0 Å². The molecule has 158 valence electrons. The van der Waals surface area contributed by atoms with Crippen molar-refractivity contribution in [1.29, 1.82) is 0 Å². The molecule has 0 atom stereocenters. The number of rotatable bonds is 7. The summed E-state index contributed by atoms with van der Waals surface area (Å²) in [6, 6.07) is 40.1. The van der Waals surface area contributed by atoms with Crippen LogP contribution in [0, 0.1) is 0 Å². The van der Waals surface area contributed by atoms with E-state index in [0.29, 0.717) is 0 Å². The van der Waals surface area contributed by atoms with Gasteiger partial charge in [0.05, 0.1) is 0 Å². The van der Waals surface area contributed by atoms with Crippen molar-refractivity contribution < 1.29 is 0 Å². The Morgan fingerprint density at radius 3 is 1.35 bits per heavy atom. The summed E-state index contributed by atoms with van der Waals surface area (Å²) in [5, 5.41) is 0. The highest BCUT2D eigenvalue weighted by molar-refractivity contribution is 5.78. The third kappa shape index (κ3) is 6.56. The molecule has 0 unspecified atom stereocenters. The zero-order valence-electron chi connectivity index (χ0n) is 18.3. The van der Waals surface area contributed by atoms with Crippen LogP contribution >= 0.6 is 0 Å². The summed E-state index contributed by atoms with van der Waals surface area (Å²) in [5.74, 6) is 0. The lowest BCUT2D eigenvalue weighted by atomic mass is 10.0. The van der Waals surface area contributed by atoms with E-state index in [-0.39, 0.29) is 0 Å². The van der Waals surface area contributed by atoms with Crippen molar-refractivity contribution in [2.45, 2.75) is 26.2 Å². The van der Waals surface area contributed by atoms with E-state index in [0.717, 1.165) is 23.6 Å². The van der Waals surface area contributed by atoms with Crippen molar-refractivity contribution in [3.63, 3.8) is 0 Å². The Labute approximate surface area is 187 Å². The highest BCUT2D eigenvalue weighted by atomic mass is 15.1. The van der Waals surface area contributed by atoms with Crippen LogP contribution in [0.4, 0.5) is 17.1 Å². The van der Waals surface area contributed by atoms with Gasteiger partial charge in [-0.1, -0.05) is 98.6 Å². The molecule has 0 aromatic heterocycles. The van der Waals surface area contributed by atoms with E-state index in [4.69, 9.17) is 5.73 Å². The minimum Gasteiger partial charge on any atom is -0.330 e.